The molecular formula is C26H44N7O6P. The first-order valence-electron chi connectivity index (χ1n) is 13.7. The molecule has 0 radical (unpaired) electrons. The number of carbonyl (C=O) groups excluding carboxylic acids is 2. The molecule has 40 heavy (non-hydrogen) atoms. The molecule has 2 aromatic heterocycles. The van der Waals surface area contributed by atoms with Crippen LogP contribution in [0.5, 0.6) is 0 Å². The molecule has 0 saturated heterocycles. The summed E-state index contributed by atoms with van der Waals surface area (Å²) in [5.74, 6) is -1.45. The van der Waals surface area contributed by atoms with Crippen molar-refractivity contribution in [3.05, 3.63) is 24.9 Å². The van der Waals surface area contributed by atoms with Crippen LogP contribution in [0, 0.1) is 5.92 Å². The summed E-state index contributed by atoms with van der Waals surface area (Å²) in [6.45, 7) is 13.4. The molecule has 0 saturated carbocycles. The van der Waals surface area contributed by atoms with Crippen molar-refractivity contribution in [1.29, 1.82) is 0 Å². The molecule has 0 aliphatic carbocycles. The highest BCUT2D eigenvalue weighted by molar-refractivity contribution is 7.59. The molecule has 13 nitrogen and oxygen atoms in total. The fourth-order valence-corrected chi connectivity index (χ4v) is 5.44. The number of imidazole rings is 1. The van der Waals surface area contributed by atoms with Gasteiger partial charge in [0.15, 0.2) is 11.5 Å². The monoisotopic (exact) mass is 581 g/mol. The van der Waals surface area contributed by atoms with Gasteiger partial charge in [-0.15, -0.1) is 0 Å². The van der Waals surface area contributed by atoms with E-state index < -0.39 is 31.4 Å². The molecular weight excluding hydrogens is 537 g/mol. The van der Waals surface area contributed by atoms with Crippen LogP contribution in [0.2, 0.25) is 0 Å². The van der Waals surface area contributed by atoms with Gasteiger partial charge >= 0.3 is 11.9 Å². The molecule has 0 aliphatic heterocycles. The Morgan fingerprint density at radius 3 is 2.55 bits per heavy atom. The van der Waals surface area contributed by atoms with E-state index in [1.807, 2.05) is 0 Å². The van der Waals surface area contributed by atoms with E-state index >= 15 is 0 Å². The number of esters is 2. The molecule has 224 valence electrons. The molecule has 0 unspecified atom stereocenters. The number of nitrogens with zero attached hydrogens (tertiary/aromatic N) is 4. The molecule has 14 heteroatoms. The first-order chi connectivity index (χ1) is 19.0. The normalized spacial score (nSPS) is 14.4. The summed E-state index contributed by atoms with van der Waals surface area (Å²) >= 11 is 0. The first-order valence-corrected chi connectivity index (χ1v) is 15.6. The van der Waals surface area contributed by atoms with Crippen LogP contribution in [0.1, 0.15) is 66.7 Å². The summed E-state index contributed by atoms with van der Waals surface area (Å²) in [5, 5.41) is 5.55. The Hall–Kier alpha value is -3.02. The van der Waals surface area contributed by atoms with Crippen molar-refractivity contribution in [3.63, 3.8) is 0 Å². The lowest BCUT2D eigenvalue weighted by Gasteiger charge is -2.25. The molecule has 0 amide bonds. The molecule has 4 N–H and O–H groups in total. The summed E-state index contributed by atoms with van der Waals surface area (Å²) < 4.78 is 32.1. The Morgan fingerprint density at radius 2 is 1.85 bits per heavy atom. The molecule has 0 aromatic carbocycles. The van der Waals surface area contributed by atoms with Gasteiger partial charge in [0.25, 0.3) is 7.44 Å². The lowest BCUT2D eigenvalue weighted by molar-refractivity contribution is -0.151. The maximum atomic E-state index is 13.9. The smallest absolute Gasteiger partial charge is 0.354 e. The quantitative estimate of drug-likeness (QED) is 0.0950. The molecule has 0 fully saturated rings. The number of rotatable bonds is 19. The summed E-state index contributed by atoms with van der Waals surface area (Å²) in [6.07, 6.45) is 6.96. The van der Waals surface area contributed by atoms with Gasteiger partial charge in [-0.25, -0.2) is 24.8 Å². The average Bonchev–Trinajstić information content (AvgIpc) is 3.31. The van der Waals surface area contributed by atoms with Gasteiger partial charge in [-0.2, -0.15) is 0 Å². The second kappa shape index (κ2) is 16.3. The predicted octanol–water partition coefficient (Wildman–Crippen LogP) is 3.76. The van der Waals surface area contributed by atoms with Gasteiger partial charge in [-0.3, -0.25) is 9.36 Å². The molecule has 2 aromatic rings. The maximum absolute atomic E-state index is 13.9. The highest BCUT2D eigenvalue weighted by atomic mass is 31.2. The van der Waals surface area contributed by atoms with Crippen LogP contribution >= 0.6 is 7.44 Å². The third-order valence-corrected chi connectivity index (χ3v) is 7.71. The average molecular weight is 582 g/mol. The van der Waals surface area contributed by atoms with E-state index in [9.17, 15) is 14.2 Å². The Bertz CT molecular complexity index is 1170. The third kappa shape index (κ3) is 10.9. The van der Waals surface area contributed by atoms with Crippen molar-refractivity contribution in [2.24, 2.45) is 5.92 Å². The van der Waals surface area contributed by atoms with E-state index in [1.165, 1.54) is 6.33 Å². The lowest BCUT2D eigenvalue weighted by Crippen LogP contribution is -2.34. The van der Waals surface area contributed by atoms with E-state index in [-0.39, 0.29) is 37.1 Å². The van der Waals surface area contributed by atoms with Crippen molar-refractivity contribution in [2.45, 2.75) is 85.5 Å². The molecule has 2 heterocycles. The molecule has 0 bridgehead atoms. The number of aromatic nitrogens is 4. The van der Waals surface area contributed by atoms with Crippen LogP contribution in [0.25, 0.3) is 11.2 Å². The number of nitrogen functional groups attached to an aromatic ring is 1. The van der Waals surface area contributed by atoms with Gasteiger partial charge in [0, 0.05) is 6.54 Å². The summed E-state index contributed by atoms with van der Waals surface area (Å²) in [6, 6.07) is 0. The highest BCUT2D eigenvalue weighted by Crippen LogP contribution is 2.38. The number of carbonyl (C=O) groups is 2. The van der Waals surface area contributed by atoms with E-state index in [1.54, 1.807) is 38.6 Å². The fourth-order valence-electron chi connectivity index (χ4n) is 3.65. The largest absolute Gasteiger partial charge is 0.463 e. The van der Waals surface area contributed by atoms with Crippen molar-refractivity contribution >= 4 is 36.4 Å². The molecule has 2 rings (SSSR count). The zero-order chi connectivity index (χ0) is 29.7. The minimum absolute atomic E-state index is 0.0235. The van der Waals surface area contributed by atoms with Gasteiger partial charge in [-0.05, 0) is 27.2 Å². The Labute approximate surface area is 236 Å². The summed E-state index contributed by atoms with van der Waals surface area (Å²) in [7, 11) is -3.61. The number of nitrogens with two attached hydrogens (primary N) is 1. The maximum Gasteiger partial charge on any atom is 0.354 e. The number of hydrogen-bond donors (Lipinski definition) is 3. The zero-order valence-electron chi connectivity index (χ0n) is 24.2. The summed E-state index contributed by atoms with van der Waals surface area (Å²) in [5.41, 5.74) is 6.72. The van der Waals surface area contributed by atoms with Crippen LogP contribution in [-0.4, -0.2) is 63.2 Å². The van der Waals surface area contributed by atoms with Crippen LogP contribution in [0.3, 0.4) is 0 Å². The van der Waals surface area contributed by atoms with Crippen LogP contribution in [-0.2, 0) is 34.9 Å². The van der Waals surface area contributed by atoms with E-state index in [0.717, 1.165) is 32.1 Å². The van der Waals surface area contributed by atoms with Crippen molar-refractivity contribution in [3.8, 4) is 0 Å². The van der Waals surface area contributed by atoms with E-state index in [2.05, 4.69) is 38.6 Å². The second-order valence-corrected chi connectivity index (χ2v) is 12.3. The lowest BCUT2D eigenvalue weighted by atomic mass is 10.2. The minimum Gasteiger partial charge on any atom is -0.463 e. The molecule has 3 atom stereocenters. The second-order valence-electron chi connectivity index (χ2n) is 10.1. The van der Waals surface area contributed by atoms with E-state index in [4.69, 9.17) is 19.9 Å². The van der Waals surface area contributed by atoms with Gasteiger partial charge in [0.2, 0.25) is 0 Å². The highest BCUT2D eigenvalue weighted by Gasteiger charge is 2.29. The number of nitrogens with one attached hydrogen (secondary N) is 2. The Morgan fingerprint density at radius 1 is 1.12 bits per heavy atom. The van der Waals surface area contributed by atoms with Gasteiger partial charge < -0.3 is 29.6 Å². The number of ether oxygens (including phenoxy) is 3. The fraction of sp³-hybridized carbons (Fsp3) is 0.654. The van der Waals surface area contributed by atoms with Crippen LogP contribution in [0.4, 0.5) is 5.82 Å². The first kappa shape index (κ1) is 33.2. The number of unbranched alkanes of at least 4 members (excludes halogenated alkanes) is 4. The number of anilines is 1. The third-order valence-electron chi connectivity index (χ3n) is 5.87. The number of hydrogen-bond acceptors (Lipinski definition) is 10. The van der Waals surface area contributed by atoms with Crippen molar-refractivity contribution in [1.82, 2.24) is 29.7 Å². The SMILES string of the molecule is C=C(N[P@](=O)(CO[C@H](C)Cn1cnc2c(N)ncnc21)NC[C@H](C)C(=O)OC(C)C)C(=O)OCCCCCCC. The van der Waals surface area contributed by atoms with Crippen molar-refractivity contribution in [2.75, 3.05) is 25.2 Å². The van der Waals surface area contributed by atoms with Crippen molar-refractivity contribution < 1.29 is 28.4 Å². The molecule has 0 aliphatic rings. The topological polar surface area (TPSA) is 173 Å². The predicted molar refractivity (Wildman–Crippen MR) is 153 cm³/mol. The van der Waals surface area contributed by atoms with Gasteiger partial charge in [0.05, 0.1) is 37.6 Å². The van der Waals surface area contributed by atoms with Crippen LogP contribution in [0.15, 0.2) is 24.9 Å². The van der Waals surface area contributed by atoms with Gasteiger partial charge in [0.1, 0.15) is 23.9 Å². The zero-order valence-corrected chi connectivity index (χ0v) is 25.1. The standard InChI is InChI=1S/C26H44N7O6P/c1-7-8-9-10-11-12-37-26(35)21(6)32-40(36,31-13-19(4)25(34)39-18(2)3)17-38-20(5)14-33-16-30-22-23(27)28-15-29-24(22)33/h15-16,18-20H,6-14,17H2,1-5H3,(H2,27,28,29)(H2,31,32,36)/t19-,20+,40-/m0/s1. The number of fused-ring (bicyclic) bond motifs is 1. The van der Waals surface area contributed by atoms with Gasteiger partial charge in [-0.1, -0.05) is 46.1 Å². The summed E-state index contributed by atoms with van der Waals surface area (Å²) in [4.78, 5) is 37.2. The van der Waals surface area contributed by atoms with E-state index in [0.29, 0.717) is 17.7 Å². The minimum atomic E-state index is -3.61. The molecule has 0 spiro atoms. The Balaban J connectivity index is 2.02. The van der Waals surface area contributed by atoms with Crippen LogP contribution < -0.4 is 15.9 Å². The Kier molecular flexibility index (Phi) is 13.5.